The van der Waals surface area contributed by atoms with Gasteiger partial charge in [0.25, 0.3) is 0 Å². The van der Waals surface area contributed by atoms with Gasteiger partial charge in [-0.05, 0) is 31.0 Å². The van der Waals surface area contributed by atoms with E-state index in [0.29, 0.717) is 6.42 Å². The summed E-state index contributed by atoms with van der Waals surface area (Å²) in [6.07, 6.45) is 0.0200. The summed E-state index contributed by atoms with van der Waals surface area (Å²) in [5.41, 5.74) is 2.06. The molecule has 0 heterocycles. The number of aryl methyl sites for hydroxylation is 1. The van der Waals surface area contributed by atoms with Crippen molar-refractivity contribution in [2.24, 2.45) is 0 Å². The molecule has 1 aromatic carbocycles. The summed E-state index contributed by atoms with van der Waals surface area (Å²) in [5.74, 6) is 5.64. The molecule has 1 rings (SSSR count). The second-order valence-electron chi connectivity index (χ2n) is 3.16. The quantitative estimate of drug-likeness (QED) is 0.802. The molecule has 1 aromatic rings. The molecule has 0 aliphatic carbocycles. The highest BCUT2D eigenvalue weighted by atomic mass is 79.9. The molecule has 0 spiro atoms. The first-order chi connectivity index (χ1) is 6.65. The Morgan fingerprint density at radius 1 is 1.50 bits per heavy atom. The van der Waals surface area contributed by atoms with Crippen molar-refractivity contribution in [1.29, 1.82) is 0 Å². The van der Waals surface area contributed by atoms with Gasteiger partial charge in [-0.2, -0.15) is 0 Å². The fraction of sp³-hybridized carbons (Fsp3) is 0.333. The first-order valence-corrected chi connectivity index (χ1v) is 5.28. The molecule has 0 bridgehead atoms. The molecule has 1 unspecified atom stereocenters. The molecule has 14 heavy (non-hydrogen) atoms. The van der Waals surface area contributed by atoms with Crippen molar-refractivity contribution in [3.05, 3.63) is 33.8 Å². The maximum absolute atomic E-state index is 9.75. The SMILES string of the molecule is CC#CCC(O)c1ccc(Br)c(C)c1. The van der Waals surface area contributed by atoms with Gasteiger partial charge >= 0.3 is 0 Å². The van der Waals surface area contributed by atoms with Crippen LogP contribution in [0.2, 0.25) is 0 Å². The minimum absolute atomic E-state index is 0.478. The lowest BCUT2D eigenvalue weighted by Crippen LogP contribution is -1.96. The molecule has 0 aliphatic rings. The summed E-state index contributed by atoms with van der Waals surface area (Å²) < 4.78 is 1.06. The van der Waals surface area contributed by atoms with Crippen LogP contribution in [0, 0.1) is 18.8 Å². The number of hydrogen-bond acceptors (Lipinski definition) is 1. The van der Waals surface area contributed by atoms with E-state index >= 15 is 0 Å². The van der Waals surface area contributed by atoms with Crippen molar-refractivity contribution >= 4 is 15.9 Å². The average molecular weight is 253 g/mol. The lowest BCUT2D eigenvalue weighted by molar-refractivity contribution is 0.184. The van der Waals surface area contributed by atoms with Crippen LogP contribution in [-0.4, -0.2) is 5.11 Å². The van der Waals surface area contributed by atoms with Gasteiger partial charge in [0.05, 0.1) is 6.10 Å². The van der Waals surface area contributed by atoms with Gasteiger partial charge in [0.1, 0.15) is 0 Å². The van der Waals surface area contributed by atoms with Crippen LogP contribution < -0.4 is 0 Å². The van der Waals surface area contributed by atoms with Crippen molar-refractivity contribution in [2.75, 3.05) is 0 Å². The van der Waals surface area contributed by atoms with Crippen LogP contribution in [-0.2, 0) is 0 Å². The molecular weight excluding hydrogens is 240 g/mol. The van der Waals surface area contributed by atoms with Gasteiger partial charge < -0.3 is 5.11 Å². The minimum Gasteiger partial charge on any atom is -0.387 e. The Morgan fingerprint density at radius 3 is 2.79 bits per heavy atom. The molecule has 0 aromatic heterocycles. The van der Waals surface area contributed by atoms with E-state index in [1.165, 1.54) is 0 Å². The van der Waals surface area contributed by atoms with E-state index in [4.69, 9.17) is 0 Å². The molecule has 74 valence electrons. The topological polar surface area (TPSA) is 20.2 Å². The normalized spacial score (nSPS) is 11.7. The molecule has 1 atom stereocenters. The summed E-state index contributed by atoms with van der Waals surface area (Å²) in [7, 11) is 0. The van der Waals surface area contributed by atoms with Gasteiger partial charge in [0, 0.05) is 10.9 Å². The van der Waals surface area contributed by atoms with Crippen molar-refractivity contribution < 1.29 is 5.11 Å². The Kier molecular flexibility index (Phi) is 4.19. The zero-order valence-corrected chi connectivity index (χ0v) is 9.93. The van der Waals surface area contributed by atoms with Gasteiger partial charge in [-0.1, -0.05) is 28.1 Å². The molecule has 2 heteroatoms. The molecular formula is C12H13BrO. The van der Waals surface area contributed by atoms with Crippen LogP contribution in [0.3, 0.4) is 0 Å². The number of benzene rings is 1. The first-order valence-electron chi connectivity index (χ1n) is 4.49. The van der Waals surface area contributed by atoms with Crippen molar-refractivity contribution in [1.82, 2.24) is 0 Å². The van der Waals surface area contributed by atoms with E-state index in [9.17, 15) is 5.11 Å². The predicted molar refractivity (Wildman–Crippen MR) is 61.9 cm³/mol. The fourth-order valence-corrected chi connectivity index (χ4v) is 1.44. The lowest BCUT2D eigenvalue weighted by Gasteiger charge is -2.08. The molecule has 1 N–H and O–H groups in total. The summed E-state index contributed by atoms with van der Waals surface area (Å²) in [5, 5.41) is 9.75. The van der Waals surface area contributed by atoms with Crippen molar-refractivity contribution in [3.63, 3.8) is 0 Å². The van der Waals surface area contributed by atoms with E-state index in [-0.39, 0.29) is 0 Å². The Morgan fingerprint density at radius 2 is 2.21 bits per heavy atom. The van der Waals surface area contributed by atoms with Gasteiger partial charge in [0.2, 0.25) is 0 Å². The Bertz CT molecular complexity index is 374. The highest BCUT2D eigenvalue weighted by Crippen LogP contribution is 2.22. The Hall–Kier alpha value is -0.780. The van der Waals surface area contributed by atoms with Crippen molar-refractivity contribution in [3.8, 4) is 11.8 Å². The maximum Gasteiger partial charge on any atom is 0.0899 e. The second-order valence-corrected chi connectivity index (χ2v) is 4.01. The van der Waals surface area contributed by atoms with E-state index in [0.717, 1.165) is 15.6 Å². The summed E-state index contributed by atoms with van der Waals surface area (Å²) in [6.45, 7) is 3.78. The van der Waals surface area contributed by atoms with Crippen LogP contribution >= 0.6 is 15.9 Å². The molecule has 0 amide bonds. The van der Waals surface area contributed by atoms with Gasteiger partial charge in [-0.25, -0.2) is 0 Å². The standard InChI is InChI=1S/C12H13BrO/c1-3-4-5-12(14)10-6-7-11(13)9(2)8-10/h6-8,12,14H,5H2,1-2H3. The number of aliphatic hydroxyl groups is 1. The molecule has 0 saturated carbocycles. The van der Waals surface area contributed by atoms with Gasteiger partial charge in [-0.3, -0.25) is 0 Å². The zero-order chi connectivity index (χ0) is 10.6. The molecule has 0 radical (unpaired) electrons. The largest absolute Gasteiger partial charge is 0.387 e. The smallest absolute Gasteiger partial charge is 0.0899 e. The van der Waals surface area contributed by atoms with Crippen LogP contribution in [0.1, 0.15) is 30.6 Å². The van der Waals surface area contributed by atoms with E-state index < -0.39 is 6.10 Å². The molecule has 1 nitrogen and oxygen atoms in total. The van der Waals surface area contributed by atoms with Crippen molar-refractivity contribution in [2.45, 2.75) is 26.4 Å². The third kappa shape index (κ3) is 2.87. The Labute approximate surface area is 93.3 Å². The van der Waals surface area contributed by atoms with Gasteiger partial charge in [0.15, 0.2) is 0 Å². The van der Waals surface area contributed by atoms with E-state index in [1.807, 2.05) is 25.1 Å². The predicted octanol–water partition coefficient (Wildman–Crippen LogP) is 3.20. The third-order valence-electron chi connectivity index (χ3n) is 2.04. The summed E-state index contributed by atoms with van der Waals surface area (Å²) in [4.78, 5) is 0. The van der Waals surface area contributed by atoms with E-state index in [2.05, 4.69) is 27.8 Å². The summed E-state index contributed by atoms with van der Waals surface area (Å²) >= 11 is 3.42. The van der Waals surface area contributed by atoms with Crippen LogP contribution in [0.25, 0.3) is 0 Å². The number of halogens is 1. The van der Waals surface area contributed by atoms with Crippen LogP contribution in [0.4, 0.5) is 0 Å². The maximum atomic E-state index is 9.75. The highest BCUT2D eigenvalue weighted by Gasteiger charge is 2.06. The monoisotopic (exact) mass is 252 g/mol. The van der Waals surface area contributed by atoms with E-state index in [1.54, 1.807) is 6.92 Å². The number of aliphatic hydroxyl groups excluding tert-OH is 1. The molecule has 0 aliphatic heterocycles. The summed E-state index contributed by atoms with van der Waals surface area (Å²) in [6, 6.07) is 5.85. The first kappa shape index (κ1) is 11.3. The lowest BCUT2D eigenvalue weighted by atomic mass is 10.0. The molecule has 0 saturated heterocycles. The zero-order valence-electron chi connectivity index (χ0n) is 8.34. The number of hydrogen-bond donors (Lipinski definition) is 1. The fourth-order valence-electron chi connectivity index (χ4n) is 1.19. The van der Waals surface area contributed by atoms with Gasteiger partial charge in [-0.15, -0.1) is 11.8 Å². The number of rotatable bonds is 2. The average Bonchev–Trinajstić information content (AvgIpc) is 2.18. The minimum atomic E-state index is -0.478. The Balaban J connectivity index is 2.83. The molecule has 0 fully saturated rings. The van der Waals surface area contributed by atoms with Crippen LogP contribution in [0.15, 0.2) is 22.7 Å². The second kappa shape index (κ2) is 5.19. The highest BCUT2D eigenvalue weighted by molar-refractivity contribution is 9.10. The third-order valence-corrected chi connectivity index (χ3v) is 2.93. The van der Waals surface area contributed by atoms with Crippen LogP contribution in [0.5, 0.6) is 0 Å².